The predicted molar refractivity (Wildman–Crippen MR) is 178 cm³/mol. The number of hydrogen-bond donors (Lipinski definition) is 1. The zero-order chi connectivity index (χ0) is 32.9. The summed E-state index contributed by atoms with van der Waals surface area (Å²) in [7, 11) is 1.47. The van der Waals surface area contributed by atoms with Gasteiger partial charge in [0.05, 0.1) is 27.7 Å². The summed E-state index contributed by atoms with van der Waals surface area (Å²) in [6.45, 7) is 4.32. The molecular formula is C34H67NO8P+. The number of rotatable bonds is 31. The van der Waals surface area contributed by atoms with Crippen molar-refractivity contribution in [3.05, 3.63) is 12.2 Å². The highest BCUT2D eigenvalue weighted by molar-refractivity contribution is 7.47. The molecule has 0 amide bonds. The number of quaternary nitrogens is 1. The van der Waals surface area contributed by atoms with E-state index < -0.39 is 26.5 Å². The standard InChI is InChI=1S/C34H66NO8P/c1-6-8-10-12-14-16-17-19-20-22-24-26-33(36)40-30-32(31-42-44(38,39)41-29-28-35(3,4)5)43-34(37)27-25-23-21-18-15-13-11-9-7-2/h12,14,32H,6-11,13,15-31H2,1-5H3/p+1/b14-12+/t32-/m1/s1. The van der Waals surface area contributed by atoms with Crippen molar-refractivity contribution in [2.45, 2.75) is 148 Å². The van der Waals surface area contributed by atoms with E-state index in [4.69, 9.17) is 18.5 Å². The Balaban J connectivity index is 4.50. The Morgan fingerprint density at radius 2 is 1.18 bits per heavy atom. The average Bonchev–Trinajstić information content (AvgIpc) is 2.95. The smallest absolute Gasteiger partial charge is 0.462 e. The van der Waals surface area contributed by atoms with Crippen molar-refractivity contribution in [2.75, 3.05) is 47.5 Å². The molecule has 0 rings (SSSR count). The summed E-state index contributed by atoms with van der Waals surface area (Å²) in [6.07, 6.45) is 24.1. The topological polar surface area (TPSA) is 108 Å². The first-order valence-electron chi connectivity index (χ1n) is 17.4. The molecule has 0 saturated heterocycles. The van der Waals surface area contributed by atoms with Crippen LogP contribution in [0.25, 0.3) is 0 Å². The van der Waals surface area contributed by atoms with Crippen molar-refractivity contribution in [1.82, 2.24) is 0 Å². The molecule has 9 nitrogen and oxygen atoms in total. The van der Waals surface area contributed by atoms with E-state index in [1.165, 1.54) is 51.4 Å². The minimum absolute atomic E-state index is 0.0327. The van der Waals surface area contributed by atoms with Crippen molar-refractivity contribution in [3.8, 4) is 0 Å². The third-order valence-corrected chi connectivity index (χ3v) is 8.28. The summed E-state index contributed by atoms with van der Waals surface area (Å²) in [6, 6.07) is 0. The van der Waals surface area contributed by atoms with Crippen LogP contribution in [-0.2, 0) is 32.7 Å². The van der Waals surface area contributed by atoms with Gasteiger partial charge in [0.25, 0.3) is 0 Å². The number of phosphoric ester groups is 1. The number of allylic oxidation sites excluding steroid dienone is 2. The van der Waals surface area contributed by atoms with E-state index in [0.29, 0.717) is 17.4 Å². The zero-order valence-electron chi connectivity index (χ0n) is 28.9. The number of nitrogens with zero attached hydrogens (tertiary/aromatic N) is 1. The molecule has 0 radical (unpaired) electrons. The lowest BCUT2D eigenvalue weighted by Crippen LogP contribution is -2.37. The van der Waals surface area contributed by atoms with E-state index in [1.54, 1.807) is 0 Å². The van der Waals surface area contributed by atoms with Crippen LogP contribution < -0.4 is 0 Å². The minimum Gasteiger partial charge on any atom is -0.462 e. The molecule has 44 heavy (non-hydrogen) atoms. The van der Waals surface area contributed by atoms with Gasteiger partial charge in [0.2, 0.25) is 0 Å². The average molecular weight is 649 g/mol. The van der Waals surface area contributed by atoms with Crippen LogP contribution in [0.5, 0.6) is 0 Å². The second-order valence-electron chi connectivity index (χ2n) is 12.9. The minimum atomic E-state index is -4.35. The molecule has 10 heteroatoms. The summed E-state index contributed by atoms with van der Waals surface area (Å²) in [5.41, 5.74) is 0. The van der Waals surface area contributed by atoms with Crippen molar-refractivity contribution in [1.29, 1.82) is 0 Å². The molecule has 0 heterocycles. The summed E-state index contributed by atoms with van der Waals surface area (Å²) in [4.78, 5) is 34.9. The van der Waals surface area contributed by atoms with E-state index >= 15 is 0 Å². The fourth-order valence-electron chi connectivity index (χ4n) is 4.46. The normalized spacial score (nSPS) is 14.0. The number of phosphoric acid groups is 1. The highest BCUT2D eigenvalue weighted by Crippen LogP contribution is 2.43. The Morgan fingerprint density at radius 3 is 1.75 bits per heavy atom. The van der Waals surface area contributed by atoms with Crippen molar-refractivity contribution in [3.63, 3.8) is 0 Å². The third kappa shape index (κ3) is 30.8. The molecule has 0 fully saturated rings. The van der Waals surface area contributed by atoms with Crippen LogP contribution in [0, 0.1) is 0 Å². The number of ether oxygens (including phenoxy) is 2. The van der Waals surface area contributed by atoms with Crippen LogP contribution in [0.4, 0.5) is 0 Å². The third-order valence-electron chi connectivity index (χ3n) is 7.30. The Hall–Kier alpha value is -1.25. The molecule has 260 valence electrons. The maximum absolute atomic E-state index is 12.5. The molecular weight excluding hydrogens is 581 g/mol. The van der Waals surface area contributed by atoms with E-state index in [1.807, 2.05) is 21.1 Å². The van der Waals surface area contributed by atoms with Gasteiger partial charge < -0.3 is 18.9 Å². The maximum Gasteiger partial charge on any atom is 0.472 e. The second-order valence-corrected chi connectivity index (χ2v) is 14.4. The molecule has 0 aromatic carbocycles. The van der Waals surface area contributed by atoms with Crippen LogP contribution >= 0.6 is 7.82 Å². The number of carbonyl (C=O) groups excluding carboxylic acids is 2. The Labute approximate surface area is 269 Å². The highest BCUT2D eigenvalue weighted by Gasteiger charge is 2.27. The van der Waals surface area contributed by atoms with Gasteiger partial charge in [-0.1, -0.05) is 109 Å². The molecule has 0 bridgehead atoms. The highest BCUT2D eigenvalue weighted by atomic mass is 31.2. The Kier molecular flexibility index (Phi) is 27.2. The fourth-order valence-corrected chi connectivity index (χ4v) is 5.20. The molecule has 0 aliphatic carbocycles. The van der Waals surface area contributed by atoms with E-state index in [9.17, 15) is 19.0 Å². The summed E-state index contributed by atoms with van der Waals surface area (Å²) >= 11 is 0. The number of esters is 2. The quantitative estimate of drug-likeness (QED) is 0.0262. The monoisotopic (exact) mass is 648 g/mol. The van der Waals surface area contributed by atoms with Crippen molar-refractivity contribution < 1.29 is 42.1 Å². The molecule has 0 aliphatic rings. The van der Waals surface area contributed by atoms with E-state index in [2.05, 4.69) is 26.0 Å². The zero-order valence-corrected chi connectivity index (χ0v) is 29.8. The predicted octanol–water partition coefficient (Wildman–Crippen LogP) is 8.68. The van der Waals surface area contributed by atoms with Gasteiger partial charge in [0.1, 0.15) is 19.8 Å². The maximum atomic E-state index is 12.5. The lowest BCUT2D eigenvalue weighted by molar-refractivity contribution is -0.870. The number of carbonyl (C=O) groups is 2. The summed E-state index contributed by atoms with van der Waals surface area (Å²) < 4.78 is 34.0. The Bertz CT molecular complexity index is 784. The summed E-state index contributed by atoms with van der Waals surface area (Å²) in [5, 5.41) is 0. The van der Waals surface area contributed by atoms with Gasteiger partial charge >= 0.3 is 19.8 Å². The molecule has 1 unspecified atom stereocenters. The number of likely N-dealkylation sites (N-methyl/N-ethyl adjacent to an activating group) is 1. The van der Waals surface area contributed by atoms with Crippen LogP contribution in [0.15, 0.2) is 12.2 Å². The fraction of sp³-hybridized carbons (Fsp3) is 0.882. The first-order chi connectivity index (χ1) is 21.0. The molecule has 2 atom stereocenters. The largest absolute Gasteiger partial charge is 0.472 e. The van der Waals surface area contributed by atoms with Gasteiger partial charge in [0.15, 0.2) is 6.10 Å². The second kappa shape index (κ2) is 28.0. The SMILES string of the molecule is CCCC/C=C/CCCCCCCC(=O)OC[C@H](COP(=O)(O)OCC[N+](C)(C)C)OC(=O)CCCCCCCCCCC. The van der Waals surface area contributed by atoms with Gasteiger partial charge in [-0.3, -0.25) is 18.6 Å². The molecule has 0 aromatic rings. The lowest BCUT2D eigenvalue weighted by atomic mass is 10.1. The van der Waals surface area contributed by atoms with Gasteiger partial charge in [-0.2, -0.15) is 0 Å². The van der Waals surface area contributed by atoms with E-state index in [-0.39, 0.29) is 32.0 Å². The number of hydrogen-bond acceptors (Lipinski definition) is 7. The van der Waals surface area contributed by atoms with E-state index in [0.717, 1.165) is 57.8 Å². The number of unbranched alkanes of at least 4 members (excludes halogenated alkanes) is 15. The van der Waals surface area contributed by atoms with Gasteiger partial charge in [0, 0.05) is 12.8 Å². The van der Waals surface area contributed by atoms with Crippen LogP contribution in [0.1, 0.15) is 142 Å². The van der Waals surface area contributed by atoms with Gasteiger partial charge in [-0.05, 0) is 32.1 Å². The first-order valence-corrected chi connectivity index (χ1v) is 18.9. The first kappa shape index (κ1) is 42.8. The van der Waals surface area contributed by atoms with Crippen molar-refractivity contribution in [2.24, 2.45) is 0 Å². The van der Waals surface area contributed by atoms with Gasteiger partial charge in [-0.25, -0.2) is 4.57 Å². The van der Waals surface area contributed by atoms with Gasteiger partial charge in [-0.15, -0.1) is 0 Å². The molecule has 1 N–H and O–H groups in total. The van der Waals surface area contributed by atoms with Crippen LogP contribution in [-0.4, -0.2) is 74.9 Å². The van der Waals surface area contributed by atoms with Crippen molar-refractivity contribution >= 4 is 19.8 Å². The lowest BCUT2D eigenvalue weighted by Gasteiger charge is -2.24. The Morgan fingerprint density at radius 1 is 0.682 bits per heavy atom. The van der Waals surface area contributed by atoms with Crippen LogP contribution in [0.3, 0.4) is 0 Å². The summed E-state index contributed by atoms with van der Waals surface area (Å²) in [5.74, 6) is -0.813. The molecule has 0 aliphatic heterocycles. The molecule has 0 saturated carbocycles. The molecule has 0 spiro atoms. The molecule has 0 aromatic heterocycles. The van der Waals surface area contributed by atoms with Crippen LogP contribution in [0.2, 0.25) is 0 Å².